The Morgan fingerprint density at radius 1 is 1.11 bits per heavy atom. The molecule has 0 bridgehead atoms. The van der Waals surface area contributed by atoms with Crippen LogP contribution in [0.25, 0.3) is 0 Å². The van der Waals surface area contributed by atoms with Crippen molar-refractivity contribution in [3.05, 3.63) is 12.7 Å². The second kappa shape index (κ2) is 49.4. The average Bonchev–Trinajstić information content (AvgIpc) is 1.37. The molecule has 0 rings (SSSR count). The summed E-state index contributed by atoms with van der Waals surface area (Å²) in [6.45, 7) is 3.48. The number of halogens is 4. The van der Waals surface area contributed by atoms with E-state index in [0.29, 0.717) is 0 Å². The Morgan fingerprint density at radius 2 is 1.22 bits per heavy atom. The van der Waals surface area contributed by atoms with Gasteiger partial charge in [-0.1, -0.05) is 0 Å². The zero-order chi connectivity index (χ0) is 3.41. The molecule has 0 atom stereocenters. The van der Waals surface area contributed by atoms with Crippen molar-refractivity contribution >= 4 is 67.0 Å². The second-order valence-electron chi connectivity index (χ2n) is 0.493. The summed E-state index contributed by atoms with van der Waals surface area (Å²) in [7, 11) is 0. The molecule has 0 fully saturated rings. The molecule has 0 saturated heterocycles. The van der Waals surface area contributed by atoms with Crippen molar-refractivity contribution in [2.75, 3.05) is 0 Å². The molecule has 0 unspecified atom stereocenters. The van der Waals surface area contributed by atoms with Crippen LogP contribution in [0.15, 0.2) is 12.7 Å². The van der Waals surface area contributed by atoms with E-state index in [1.54, 1.807) is 0 Å². The molecule has 6 heteroatoms. The molecule has 0 aromatic carbocycles. The molecule has 0 heterocycles. The first-order valence-electron chi connectivity index (χ1n) is 1.17. The quantitative estimate of drug-likeness (QED) is 0.499. The van der Waals surface area contributed by atoms with Crippen LogP contribution in [0, 0.1) is 0 Å². The zero-order valence-electron chi connectivity index (χ0n) is 4.12. The van der Waals surface area contributed by atoms with Crippen LogP contribution in [0.3, 0.4) is 0 Å². The van der Waals surface area contributed by atoms with Crippen LogP contribution in [0.4, 0.5) is 0 Å². The van der Waals surface area contributed by atoms with Gasteiger partial charge in [-0.25, -0.2) is 0 Å². The number of allylic oxidation sites excluding steroid dienone is 1. The monoisotopic (exact) mass is 263 g/mol. The van der Waals surface area contributed by atoms with Crippen LogP contribution in [0.2, 0.25) is 4.73 Å². The fourth-order valence-corrected chi connectivity index (χ4v) is 0. The van der Waals surface area contributed by atoms with Gasteiger partial charge in [-0.05, 0) is 0 Å². The second-order valence-corrected chi connectivity index (χ2v) is 1.13. The molecule has 0 aliphatic heterocycles. The zero-order valence-corrected chi connectivity index (χ0v) is 8.95. The largest absolute Gasteiger partial charge is 0.187 e. The minimum Gasteiger partial charge on any atom is -0.147 e. The van der Waals surface area contributed by atoms with Gasteiger partial charge in [0.05, 0.1) is 0 Å². The van der Waals surface area contributed by atoms with Crippen LogP contribution < -0.4 is 0 Å². The van der Waals surface area contributed by atoms with Crippen molar-refractivity contribution in [1.82, 2.24) is 0 Å². The standard InChI is InChI=1S/C3H5.Al.4ClH.Ti.3H/c1-3-2;;;;;;;;;/h3H,1-2H2;;4*1H;;;;. The van der Waals surface area contributed by atoms with Gasteiger partial charge >= 0.3 is 37.8 Å². The molecule has 0 radical (unpaired) electrons. The molecule has 0 aromatic heterocycles. The molecule has 0 N–H and O–H groups in total. The van der Waals surface area contributed by atoms with Gasteiger partial charge in [0.1, 0.15) is 0 Å². The summed E-state index contributed by atoms with van der Waals surface area (Å²) in [5, 5.41) is 0. The van der Waals surface area contributed by atoms with Crippen molar-refractivity contribution in [3.63, 3.8) is 0 Å². The Bertz CT molecular complexity index is 29.8. The Labute approximate surface area is 104 Å². The summed E-state index contributed by atoms with van der Waals surface area (Å²) in [6, 6.07) is 0. The van der Waals surface area contributed by atoms with Gasteiger partial charge in [0.25, 0.3) is 0 Å². The normalized spacial score (nSPS) is 2.56. The molecule has 59 valence electrons. The fraction of sp³-hybridized carbons (Fsp3) is 0.333. The van der Waals surface area contributed by atoms with Gasteiger partial charge in [0.15, 0.2) is 17.4 Å². The van der Waals surface area contributed by atoms with Crippen LogP contribution in [-0.4, -0.2) is 17.4 Å². The van der Waals surface area contributed by atoms with Gasteiger partial charge in [-0.3, -0.25) is 0 Å². The van der Waals surface area contributed by atoms with E-state index in [-0.39, 0.29) is 67.0 Å². The molecular formula is C3H12AlCl4Ti. The van der Waals surface area contributed by atoms with Crippen molar-refractivity contribution < 1.29 is 20.4 Å². The van der Waals surface area contributed by atoms with E-state index < -0.39 is 0 Å². The maximum Gasteiger partial charge on any atom is 0.187 e. The van der Waals surface area contributed by atoms with Crippen LogP contribution in [0.1, 0.15) is 0 Å². The molecule has 9 heavy (non-hydrogen) atoms. The summed E-state index contributed by atoms with van der Waals surface area (Å²) in [6.07, 6.45) is 1.88. The number of hydrogen-bond acceptors (Lipinski definition) is 0. The summed E-state index contributed by atoms with van der Waals surface area (Å²) in [4.78, 5) is 0. The molecular weight excluding hydrogens is 253 g/mol. The average molecular weight is 265 g/mol. The maximum atomic E-state index is 3.48. The molecule has 0 aliphatic rings. The summed E-state index contributed by atoms with van der Waals surface area (Å²) >= 11 is 2.06. The van der Waals surface area contributed by atoms with Gasteiger partial charge in [-0.2, -0.15) is 0 Å². The first-order chi connectivity index (χ1) is 1.91. The van der Waals surface area contributed by atoms with E-state index in [4.69, 9.17) is 0 Å². The van der Waals surface area contributed by atoms with Crippen LogP contribution >= 0.6 is 49.6 Å². The van der Waals surface area contributed by atoms with Crippen molar-refractivity contribution in [2.45, 2.75) is 4.73 Å². The van der Waals surface area contributed by atoms with E-state index in [1.807, 2.05) is 6.08 Å². The molecule has 0 saturated carbocycles. The van der Waals surface area contributed by atoms with E-state index in [0.717, 1.165) is 4.73 Å². The molecule has 0 aliphatic carbocycles. The molecule has 0 nitrogen and oxygen atoms in total. The molecule has 0 spiro atoms. The predicted octanol–water partition coefficient (Wildman–Crippen LogP) is 1.64. The third kappa shape index (κ3) is 68.0. The first kappa shape index (κ1) is 43.3. The van der Waals surface area contributed by atoms with E-state index in [9.17, 15) is 0 Å². The smallest absolute Gasteiger partial charge is 0.147 e. The summed E-state index contributed by atoms with van der Waals surface area (Å²) in [5.74, 6) is 0. The minimum atomic E-state index is 0. The third-order valence-corrected chi connectivity index (χ3v) is 0.595. The fourth-order valence-electron chi connectivity index (χ4n) is 0. The number of hydrogen-bond donors (Lipinski definition) is 0. The van der Waals surface area contributed by atoms with Crippen molar-refractivity contribution in [3.8, 4) is 0 Å². The third-order valence-electron chi connectivity index (χ3n) is 0.144. The summed E-state index contributed by atoms with van der Waals surface area (Å²) in [5.41, 5.74) is 0. The minimum absolute atomic E-state index is 0. The Balaban J connectivity index is -0.00000000450. The Morgan fingerprint density at radius 3 is 1.22 bits per heavy atom. The molecule has 0 aromatic rings. The number of rotatable bonds is 1. The van der Waals surface area contributed by atoms with Crippen molar-refractivity contribution in [2.24, 2.45) is 0 Å². The van der Waals surface area contributed by atoms with Gasteiger partial charge < -0.3 is 0 Å². The van der Waals surface area contributed by atoms with E-state index in [2.05, 4.69) is 27.0 Å². The summed E-state index contributed by atoms with van der Waals surface area (Å²) < 4.78 is 1.08. The van der Waals surface area contributed by atoms with Gasteiger partial charge in [-0.15, -0.1) is 49.6 Å². The van der Waals surface area contributed by atoms with E-state index in [1.165, 1.54) is 0 Å². The van der Waals surface area contributed by atoms with Gasteiger partial charge in [0, 0.05) is 0 Å². The van der Waals surface area contributed by atoms with Crippen LogP contribution in [-0.2, 0) is 20.4 Å². The topological polar surface area (TPSA) is 0 Å². The van der Waals surface area contributed by atoms with E-state index >= 15 is 0 Å². The van der Waals surface area contributed by atoms with Crippen LogP contribution in [0.5, 0.6) is 0 Å². The van der Waals surface area contributed by atoms with Gasteiger partial charge in [0.2, 0.25) is 0 Å². The Kier molecular flexibility index (Phi) is 238. The first-order valence-corrected chi connectivity index (χ1v) is 2.27. The SMILES string of the molecule is C=C[CH2][Ti].Cl.Cl.Cl.Cl.[AlH3]. The van der Waals surface area contributed by atoms with Crippen molar-refractivity contribution in [1.29, 1.82) is 0 Å². The Hall–Kier alpha value is 2.15. The predicted molar refractivity (Wildman–Crippen MR) is 53.9 cm³/mol. The molecule has 0 amide bonds. The maximum absolute atomic E-state index is 3.48.